The molecule has 0 aromatic heterocycles. The molecule has 4 heteroatoms. The molecular formula is C15H13BrO3. The molecule has 2 rings (SSSR count). The van der Waals surface area contributed by atoms with Crippen LogP contribution in [0.5, 0.6) is 0 Å². The van der Waals surface area contributed by atoms with Crippen LogP contribution in [0.1, 0.15) is 26.3 Å². The second-order valence-corrected chi connectivity index (χ2v) is 5.47. The standard InChI is InChI=1S/C15H13BrO3/c1-8(2)12-13(15(18)19-14(12)17)9(3)10-4-6-11(16)7-5-10/h4-7H,1-3H3/b13-9-. The molecule has 1 fully saturated rings. The largest absolute Gasteiger partial charge is 0.386 e. The summed E-state index contributed by atoms with van der Waals surface area (Å²) in [4.78, 5) is 23.5. The maximum atomic E-state index is 11.8. The number of benzene rings is 1. The first-order valence-corrected chi connectivity index (χ1v) is 6.62. The van der Waals surface area contributed by atoms with E-state index in [9.17, 15) is 9.59 Å². The van der Waals surface area contributed by atoms with Crippen molar-refractivity contribution in [2.75, 3.05) is 0 Å². The maximum Gasteiger partial charge on any atom is 0.347 e. The lowest BCUT2D eigenvalue weighted by Crippen LogP contribution is -1.99. The van der Waals surface area contributed by atoms with E-state index in [1.54, 1.807) is 13.8 Å². The van der Waals surface area contributed by atoms with Gasteiger partial charge in [-0.05, 0) is 44.0 Å². The second-order valence-electron chi connectivity index (χ2n) is 4.56. The fraction of sp³-hybridized carbons (Fsp3) is 0.200. The zero-order chi connectivity index (χ0) is 14.2. The quantitative estimate of drug-likeness (QED) is 0.450. The van der Waals surface area contributed by atoms with Gasteiger partial charge < -0.3 is 4.74 Å². The van der Waals surface area contributed by atoms with Gasteiger partial charge in [0.15, 0.2) is 0 Å². The number of rotatable bonds is 1. The lowest BCUT2D eigenvalue weighted by Gasteiger charge is -2.06. The molecule has 0 aliphatic carbocycles. The molecule has 1 aromatic carbocycles. The molecule has 1 aromatic rings. The Kier molecular flexibility index (Phi) is 3.71. The van der Waals surface area contributed by atoms with E-state index in [4.69, 9.17) is 4.74 Å². The van der Waals surface area contributed by atoms with Crippen molar-refractivity contribution < 1.29 is 14.3 Å². The summed E-state index contributed by atoms with van der Waals surface area (Å²) >= 11 is 3.36. The highest BCUT2D eigenvalue weighted by Crippen LogP contribution is 2.32. The van der Waals surface area contributed by atoms with Crippen molar-refractivity contribution in [3.63, 3.8) is 0 Å². The van der Waals surface area contributed by atoms with Crippen molar-refractivity contribution in [3.05, 3.63) is 51.0 Å². The van der Waals surface area contributed by atoms with Gasteiger partial charge >= 0.3 is 11.9 Å². The maximum absolute atomic E-state index is 11.8. The summed E-state index contributed by atoms with van der Waals surface area (Å²) in [7, 11) is 0. The van der Waals surface area contributed by atoms with Crippen LogP contribution in [-0.2, 0) is 14.3 Å². The highest BCUT2D eigenvalue weighted by atomic mass is 79.9. The summed E-state index contributed by atoms with van der Waals surface area (Å²) in [6, 6.07) is 7.57. The van der Waals surface area contributed by atoms with Crippen molar-refractivity contribution in [1.29, 1.82) is 0 Å². The zero-order valence-corrected chi connectivity index (χ0v) is 12.5. The van der Waals surface area contributed by atoms with Gasteiger partial charge in [-0.2, -0.15) is 0 Å². The van der Waals surface area contributed by atoms with Crippen molar-refractivity contribution >= 4 is 33.4 Å². The molecule has 0 radical (unpaired) electrons. The number of allylic oxidation sites excluding steroid dienone is 2. The van der Waals surface area contributed by atoms with Crippen LogP contribution in [-0.4, -0.2) is 11.9 Å². The summed E-state index contributed by atoms with van der Waals surface area (Å²) < 4.78 is 5.67. The van der Waals surface area contributed by atoms with E-state index in [0.29, 0.717) is 11.1 Å². The summed E-state index contributed by atoms with van der Waals surface area (Å²) in [6.45, 7) is 5.41. The molecule has 0 unspecified atom stereocenters. The molecule has 3 nitrogen and oxygen atoms in total. The molecule has 1 saturated heterocycles. The molecule has 0 amide bonds. The topological polar surface area (TPSA) is 43.4 Å². The molecular weight excluding hydrogens is 308 g/mol. The van der Waals surface area contributed by atoms with Gasteiger partial charge in [-0.3, -0.25) is 0 Å². The molecule has 19 heavy (non-hydrogen) atoms. The predicted molar refractivity (Wildman–Crippen MR) is 76.2 cm³/mol. The van der Waals surface area contributed by atoms with Crippen LogP contribution in [0.15, 0.2) is 45.5 Å². The van der Waals surface area contributed by atoms with E-state index < -0.39 is 11.9 Å². The highest BCUT2D eigenvalue weighted by Gasteiger charge is 2.35. The van der Waals surface area contributed by atoms with Crippen LogP contribution < -0.4 is 0 Å². The fourth-order valence-corrected chi connectivity index (χ4v) is 2.29. The van der Waals surface area contributed by atoms with E-state index >= 15 is 0 Å². The van der Waals surface area contributed by atoms with Gasteiger partial charge in [0.05, 0.1) is 11.1 Å². The highest BCUT2D eigenvalue weighted by molar-refractivity contribution is 9.10. The number of hydrogen-bond donors (Lipinski definition) is 0. The van der Waals surface area contributed by atoms with Gasteiger partial charge in [-0.25, -0.2) is 9.59 Å². The molecule has 1 aliphatic rings. The molecule has 0 N–H and O–H groups in total. The first-order valence-electron chi connectivity index (χ1n) is 5.83. The summed E-state index contributed by atoms with van der Waals surface area (Å²) in [5.74, 6) is -1.13. The molecule has 0 atom stereocenters. The number of ether oxygens (including phenoxy) is 1. The number of carbonyl (C=O) groups is 2. The van der Waals surface area contributed by atoms with E-state index in [-0.39, 0.29) is 0 Å². The third-order valence-electron chi connectivity index (χ3n) is 3.00. The van der Waals surface area contributed by atoms with Crippen molar-refractivity contribution in [1.82, 2.24) is 0 Å². The van der Waals surface area contributed by atoms with Crippen LogP contribution in [0.25, 0.3) is 5.57 Å². The third kappa shape index (κ3) is 2.54. The van der Waals surface area contributed by atoms with Gasteiger partial charge in [-0.15, -0.1) is 0 Å². The predicted octanol–water partition coefficient (Wildman–Crippen LogP) is 3.64. The first kappa shape index (κ1) is 13.7. The number of cyclic esters (lactones) is 2. The smallest absolute Gasteiger partial charge is 0.347 e. The minimum atomic E-state index is -0.568. The summed E-state index contributed by atoms with van der Waals surface area (Å²) in [5, 5.41) is 0. The van der Waals surface area contributed by atoms with Crippen LogP contribution in [0.3, 0.4) is 0 Å². The molecule has 0 bridgehead atoms. The Morgan fingerprint density at radius 3 is 2.00 bits per heavy atom. The van der Waals surface area contributed by atoms with E-state index in [1.807, 2.05) is 31.2 Å². The lowest BCUT2D eigenvalue weighted by molar-refractivity contribution is -0.149. The molecule has 0 spiro atoms. The fourth-order valence-electron chi connectivity index (χ4n) is 2.03. The molecule has 0 saturated carbocycles. The Morgan fingerprint density at radius 1 is 0.947 bits per heavy atom. The van der Waals surface area contributed by atoms with Crippen molar-refractivity contribution in [2.24, 2.45) is 0 Å². The van der Waals surface area contributed by atoms with E-state index in [0.717, 1.165) is 21.2 Å². The third-order valence-corrected chi connectivity index (χ3v) is 3.52. The first-order chi connectivity index (χ1) is 8.91. The second kappa shape index (κ2) is 5.13. The molecule has 1 aliphatic heterocycles. The number of esters is 2. The van der Waals surface area contributed by atoms with Gasteiger partial charge in [-0.1, -0.05) is 33.6 Å². The van der Waals surface area contributed by atoms with Crippen LogP contribution in [0, 0.1) is 0 Å². The molecule has 1 heterocycles. The van der Waals surface area contributed by atoms with E-state index in [1.165, 1.54) is 0 Å². The minimum absolute atomic E-state index is 0.368. The Balaban J connectivity index is 2.62. The number of halogens is 1. The summed E-state index contributed by atoms with van der Waals surface area (Å²) in [6.07, 6.45) is 0. The lowest BCUT2D eigenvalue weighted by atomic mass is 9.95. The molecule has 98 valence electrons. The minimum Gasteiger partial charge on any atom is -0.386 e. The van der Waals surface area contributed by atoms with E-state index in [2.05, 4.69) is 15.9 Å². The monoisotopic (exact) mass is 320 g/mol. The van der Waals surface area contributed by atoms with Gasteiger partial charge in [0.25, 0.3) is 0 Å². The van der Waals surface area contributed by atoms with Gasteiger partial charge in [0.1, 0.15) is 0 Å². The SMILES string of the molecule is CC(C)=C1C(=O)OC(=O)/C1=C(/C)c1ccc(Br)cc1. The van der Waals surface area contributed by atoms with Crippen LogP contribution >= 0.6 is 15.9 Å². The Labute approximate surface area is 120 Å². The Hall–Kier alpha value is -1.68. The summed E-state index contributed by atoms with van der Waals surface area (Å²) in [5.41, 5.74) is 3.17. The number of hydrogen-bond acceptors (Lipinski definition) is 3. The van der Waals surface area contributed by atoms with Gasteiger partial charge in [0, 0.05) is 4.47 Å². The average molecular weight is 321 g/mol. The van der Waals surface area contributed by atoms with Crippen LogP contribution in [0.2, 0.25) is 0 Å². The van der Waals surface area contributed by atoms with Crippen molar-refractivity contribution in [3.8, 4) is 0 Å². The van der Waals surface area contributed by atoms with Crippen molar-refractivity contribution in [2.45, 2.75) is 20.8 Å². The average Bonchev–Trinajstić information content (AvgIpc) is 2.64. The zero-order valence-electron chi connectivity index (χ0n) is 10.9. The number of carbonyl (C=O) groups excluding carboxylic acids is 2. The van der Waals surface area contributed by atoms with Gasteiger partial charge in [0.2, 0.25) is 0 Å². The Bertz CT molecular complexity index is 617. The Morgan fingerprint density at radius 2 is 1.47 bits per heavy atom. The van der Waals surface area contributed by atoms with Crippen LogP contribution in [0.4, 0.5) is 0 Å². The normalized spacial score (nSPS) is 17.6.